The summed E-state index contributed by atoms with van der Waals surface area (Å²) in [5.74, 6) is -1.88. The lowest BCUT2D eigenvalue weighted by molar-refractivity contribution is -0.122. The van der Waals surface area contributed by atoms with Crippen molar-refractivity contribution in [3.05, 3.63) is 93.2 Å². The number of carbonyl (C=O) groups is 1. The number of amides is 1. The van der Waals surface area contributed by atoms with Crippen LogP contribution in [-0.4, -0.2) is 46.0 Å². The number of nitrogens with two attached hydrogens (primary N) is 1. The van der Waals surface area contributed by atoms with Gasteiger partial charge in [-0.05, 0) is 74.1 Å². The van der Waals surface area contributed by atoms with E-state index in [1.807, 2.05) is 0 Å². The van der Waals surface area contributed by atoms with Gasteiger partial charge in [0.05, 0.1) is 11.7 Å². The topological polar surface area (TPSA) is 136 Å². The van der Waals surface area contributed by atoms with Gasteiger partial charge in [0.1, 0.15) is 46.0 Å². The van der Waals surface area contributed by atoms with E-state index in [1.165, 1.54) is 37.3 Å². The Hall–Kier alpha value is -5.14. The van der Waals surface area contributed by atoms with Gasteiger partial charge in [-0.25, -0.2) is 22.5 Å². The van der Waals surface area contributed by atoms with Crippen LogP contribution in [0.4, 0.5) is 32.3 Å². The normalized spacial score (nSPS) is 15.9. The first kappa shape index (κ1) is 35.7. The van der Waals surface area contributed by atoms with E-state index in [0.29, 0.717) is 21.9 Å². The van der Waals surface area contributed by atoms with E-state index in [-0.39, 0.29) is 45.7 Å². The van der Waals surface area contributed by atoms with Crippen molar-refractivity contribution in [2.75, 3.05) is 5.73 Å². The molecule has 17 heteroatoms. The van der Waals surface area contributed by atoms with Crippen LogP contribution in [0.1, 0.15) is 79.5 Å². The fourth-order valence-corrected chi connectivity index (χ4v) is 6.46. The van der Waals surface area contributed by atoms with Crippen molar-refractivity contribution in [2.24, 2.45) is 0 Å². The molecule has 0 spiro atoms. The first-order valence-electron chi connectivity index (χ1n) is 15.5. The quantitative estimate of drug-likeness (QED) is 0.0975. The van der Waals surface area contributed by atoms with E-state index in [4.69, 9.17) is 17.3 Å². The number of aliphatic hydroxyl groups is 1. The molecular formula is C34H29ClF6N8O2. The number of halogens is 7. The van der Waals surface area contributed by atoms with Gasteiger partial charge < -0.3 is 16.2 Å². The summed E-state index contributed by atoms with van der Waals surface area (Å²) in [6.45, 7) is 3.38. The number of alkyl halides is 4. The molecule has 0 saturated carbocycles. The van der Waals surface area contributed by atoms with E-state index in [9.17, 15) is 27.5 Å². The SMILES string of the molecule is C[C@H]1CC(F)(F)c2c1c(C(F)F)nn2CC(=O)N[C@@H](Cc1cc(F)cc(F)c1)c1nc(C#CC(C)(C)O)ccc1-c1ccc(Cl)n2c(N)nnc12. The third-order valence-corrected chi connectivity index (χ3v) is 8.48. The number of rotatable bonds is 8. The molecule has 4 aromatic heterocycles. The van der Waals surface area contributed by atoms with Crippen LogP contribution in [0.3, 0.4) is 0 Å². The lowest BCUT2D eigenvalue weighted by Gasteiger charge is -2.23. The van der Waals surface area contributed by atoms with Crippen molar-refractivity contribution >= 4 is 29.1 Å². The molecule has 1 aromatic carbocycles. The number of nitrogen functional groups attached to an aromatic ring is 1. The molecule has 0 fully saturated rings. The molecule has 10 nitrogen and oxygen atoms in total. The minimum atomic E-state index is -3.53. The van der Waals surface area contributed by atoms with Crippen molar-refractivity contribution < 1.29 is 36.2 Å². The summed E-state index contributed by atoms with van der Waals surface area (Å²) >= 11 is 6.36. The van der Waals surface area contributed by atoms with E-state index < -0.39 is 71.8 Å². The number of nitrogens with one attached hydrogen (secondary N) is 1. The first-order chi connectivity index (χ1) is 23.9. The molecule has 266 valence electrons. The van der Waals surface area contributed by atoms with Crippen molar-refractivity contribution in [1.82, 2.24) is 34.7 Å². The number of hydrogen-bond acceptors (Lipinski definition) is 7. The molecule has 2 atom stereocenters. The third kappa shape index (κ3) is 7.22. The van der Waals surface area contributed by atoms with E-state index in [2.05, 4.69) is 37.4 Å². The van der Waals surface area contributed by atoms with E-state index in [1.54, 1.807) is 12.1 Å². The second-order valence-electron chi connectivity index (χ2n) is 12.7. The molecule has 5 aromatic rings. The summed E-state index contributed by atoms with van der Waals surface area (Å²) in [5, 5.41) is 24.8. The molecule has 1 aliphatic carbocycles. The Morgan fingerprint density at radius 2 is 1.80 bits per heavy atom. The predicted molar refractivity (Wildman–Crippen MR) is 174 cm³/mol. The maximum atomic E-state index is 15.1. The zero-order valence-electron chi connectivity index (χ0n) is 27.2. The average Bonchev–Trinajstić information content (AvgIpc) is 3.68. The molecule has 6 rings (SSSR count). The average molecular weight is 731 g/mol. The van der Waals surface area contributed by atoms with Gasteiger partial charge in [-0.2, -0.15) is 13.9 Å². The summed E-state index contributed by atoms with van der Waals surface area (Å²) in [7, 11) is 0. The van der Waals surface area contributed by atoms with Crippen LogP contribution in [-0.2, 0) is 23.7 Å². The van der Waals surface area contributed by atoms with Crippen LogP contribution in [0.5, 0.6) is 0 Å². The van der Waals surface area contributed by atoms with Crippen LogP contribution in [0.15, 0.2) is 42.5 Å². The van der Waals surface area contributed by atoms with Gasteiger partial charge in [-0.1, -0.05) is 24.4 Å². The number of anilines is 1. The van der Waals surface area contributed by atoms with Crippen LogP contribution in [0.25, 0.3) is 16.8 Å². The summed E-state index contributed by atoms with van der Waals surface area (Å²) in [6.07, 6.45) is -4.20. The van der Waals surface area contributed by atoms with Crippen molar-refractivity contribution in [1.29, 1.82) is 0 Å². The van der Waals surface area contributed by atoms with Gasteiger partial charge in [0.2, 0.25) is 11.9 Å². The summed E-state index contributed by atoms with van der Waals surface area (Å²) in [5.41, 5.74) is 3.76. The maximum absolute atomic E-state index is 15.1. The molecule has 4 N–H and O–H groups in total. The number of nitrogens with zero attached hydrogens (tertiary/aromatic N) is 6. The monoisotopic (exact) mass is 730 g/mol. The predicted octanol–water partition coefficient (Wildman–Crippen LogP) is 6.26. The number of pyridine rings is 2. The second kappa shape index (κ2) is 13.2. The molecule has 0 unspecified atom stereocenters. The zero-order chi connectivity index (χ0) is 37.0. The van der Waals surface area contributed by atoms with Gasteiger partial charge in [0.25, 0.3) is 12.3 Å². The smallest absolute Gasteiger partial charge is 0.290 e. The number of aromatic nitrogens is 6. The first-order valence-corrected chi connectivity index (χ1v) is 15.9. The summed E-state index contributed by atoms with van der Waals surface area (Å²) in [4.78, 5) is 18.4. The van der Waals surface area contributed by atoms with Gasteiger partial charge in [0.15, 0.2) is 5.65 Å². The Labute approximate surface area is 291 Å². The van der Waals surface area contributed by atoms with Crippen LogP contribution >= 0.6 is 11.6 Å². The Bertz CT molecular complexity index is 2220. The molecule has 0 bridgehead atoms. The number of benzene rings is 1. The largest absolute Gasteiger partial charge is 0.378 e. The Kier molecular flexibility index (Phi) is 9.23. The number of carbonyl (C=O) groups excluding carboxylic acids is 1. The van der Waals surface area contributed by atoms with Crippen molar-refractivity contribution in [3.8, 4) is 23.0 Å². The Morgan fingerprint density at radius 1 is 1.12 bits per heavy atom. The highest BCUT2D eigenvalue weighted by atomic mass is 35.5. The standard InChI is InChI=1S/C34H29ClF6N8O2/c1-16-14-34(40,41)29-26(16)28(30(38)39)47-48(29)15-25(50)44-23(12-17-10-18(36)13-19(37)11-17)27-21(5-4-20(43-27)8-9-33(2,3)51)22-6-7-24(35)49-31(22)45-46-32(49)42/h4-7,10-11,13,16,23,30,51H,12,14-15H2,1-3H3,(H2,42,46)(H,44,50)/t16-,23-/m0/s1. The minimum Gasteiger partial charge on any atom is -0.378 e. The van der Waals surface area contributed by atoms with Gasteiger partial charge in [-0.15, -0.1) is 10.2 Å². The molecule has 1 amide bonds. The molecule has 0 radical (unpaired) electrons. The third-order valence-electron chi connectivity index (χ3n) is 8.19. The fourth-order valence-electron chi connectivity index (χ4n) is 6.23. The van der Waals surface area contributed by atoms with Crippen LogP contribution < -0.4 is 11.1 Å². The molecule has 0 aliphatic heterocycles. The highest BCUT2D eigenvalue weighted by Crippen LogP contribution is 2.51. The fraction of sp³-hybridized carbons (Fsp3) is 0.324. The number of fused-ring (bicyclic) bond motifs is 2. The number of hydrogen-bond donors (Lipinski definition) is 3. The lowest BCUT2D eigenvalue weighted by atomic mass is 9.95. The highest BCUT2D eigenvalue weighted by molar-refractivity contribution is 6.30. The molecular weight excluding hydrogens is 702 g/mol. The summed E-state index contributed by atoms with van der Waals surface area (Å²) < 4.78 is 88.7. The minimum absolute atomic E-state index is 0.0415. The van der Waals surface area contributed by atoms with Gasteiger partial charge >= 0.3 is 0 Å². The van der Waals surface area contributed by atoms with Crippen molar-refractivity contribution in [2.45, 2.75) is 70.1 Å². The molecule has 51 heavy (non-hydrogen) atoms. The zero-order valence-corrected chi connectivity index (χ0v) is 27.9. The summed E-state index contributed by atoms with van der Waals surface area (Å²) in [6, 6.07) is 7.66. The van der Waals surface area contributed by atoms with Gasteiger partial charge in [-0.3, -0.25) is 13.9 Å². The van der Waals surface area contributed by atoms with Crippen molar-refractivity contribution in [3.63, 3.8) is 0 Å². The Balaban J connectivity index is 1.50. The second-order valence-corrected chi connectivity index (χ2v) is 13.1. The van der Waals surface area contributed by atoms with Crippen LogP contribution in [0, 0.1) is 23.5 Å². The lowest BCUT2D eigenvalue weighted by Crippen LogP contribution is -2.35. The molecule has 1 aliphatic rings. The Morgan fingerprint density at radius 3 is 2.47 bits per heavy atom. The maximum Gasteiger partial charge on any atom is 0.290 e. The van der Waals surface area contributed by atoms with E-state index in [0.717, 1.165) is 12.1 Å². The molecule has 4 heterocycles. The van der Waals surface area contributed by atoms with Crippen LogP contribution in [0.2, 0.25) is 5.15 Å². The molecule has 0 saturated heterocycles. The van der Waals surface area contributed by atoms with E-state index >= 15 is 8.78 Å². The highest BCUT2D eigenvalue weighted by Gasteiger charge is 2.50. The van der Waals surface area contributed by atoms with Gasteiger partial charge in [0, 0.05) is 29.2 Å².